The molecule has 0 spiro atoms. The molecule has 0 aliphatic carbocycles. The van der Waals surface area contributed by atoms with E-state index in [0.717, 1.165) is 22.2 Å². The Labute approximate surface area is 149 Å². The van der Waals surface area contributed by atoms with Crippen LogP contribution >= 0.6 is 11.8 Å². The van der Waals surface area contributed by atoms with Crippen LogP contribution in [-0.2, 0) is 7.05 Å². The molecule has 25 heavy (non-hydrogen) atoms. The zero-order valence-electron chi connectivity index (χ0n) is 13.7. The fourth-order valence-electron chi connectivity index (χ4n) is 2.79. The molecule has 0 bridgehead atoms. The van der Waals surface area contributed by atoms with E-state index in [1.54, 1.807) is 11.0 Å². The lowest BCUT2D eigenvalue weighted by Gasteiger charge is -1.99. The lowest BCUT2D eigenvalue weighted by molar-refractivity contribution is 0.102. The molecule has 0 atom stereocenters. The number of Topliss-reactive ketones (excluding diaryl/α,β-unsaturated/α-hetero) is 1. The van der Waals surface area contributed by atoms with Gasteiger partial charge in [-0.1, -0.05) is 48.2 Å². The van der Waals surface area contributed by atoms with E-state index in [-0.39, 0.29) is 5.78 Å². The van der Waals surface area contributed by atoms with Gasteiger partial charge in [-0.2, -0.15) is 0 Å². The fourth-order valence-corrected chi connectivity index (χ4v) is 3.47. The van der Waals surface area contributed by atoms with E-state index in [9.17, 15) is 4.79 Å². The van der Waals surface area contributed by atoms with E-state index in [0.29, 0.717) is 10.9 Å². The Bertz CT molecular complexity index is 1040. The Hall–Kier alpha value is -2.86. The molecule has 5 nitrogen and oxygen atoms in total. The fraction of sp³-hybridized carbons (Fsp3) is 0.105. The number of fused-ring (bicyclic) bond motifs is 1. The minimum atomic E-state index is 0.0814. The number of hydrogen-bond acceptors (Lipinski definition) is 4. The minimum absolute atomic E-state index is 0.0814. The summed E-state index contributed by atoms with van der Waals surface area (Å²) < 4.78 is 3.69. The van der Waals surface area contributed by atoms with Gasteiger partial charge in [0.05, 0.1) is 11.4 Å². The van der Waals surface area contributed by atoms with E-state index in [2.05, 4.69) is 10.1 Å². The number of para-hydroxylation sites is 2. The van der Waals surface area contributed by atoms with Gasteiger partial charge < -0.3 is 4.57 Å². The van der Waals surface area contributed by atoms with Crippen LogP contribution in [0.5, 0.6) is 0 Å². The Morgan fingerprint density at radius 1 is 1.08 bits per heavy atom. The summed E-state index contributed by atoms with van der Waals surface area (Å²) in [5.74, 6) is 0.394. The molecule has 0 unspecified atom stereocenters. The predicted molar refractivity (Wildman–Crippen MR) is 99.3 cm³/mol. The number of carbonyl (C=O) groups excluding carboxylic acids is 1. The van der Waals surface area contributed by atoms with Crippen LogP contribution in [0.25, 0.3) is 16.6 Å². The maximum atomic E-state index is 12.6. The Morgan fingerprint density at radius 3 is 2.68 bits per heavy atom. The first-order valence-corrected chi connectivity index (χ1v) is 8.88. The highest BCUT2D eigenvalue weighted by atomic mass is 32.2. The van der Waals surface area contributed by atoms with Crippen LogP contribution in [0.3, 0.4) is 0 Å². The molecule has 0 N–H and O–H groups in total. The third-order valence-corrected chi connectivity index (χ3v) is 4.87. The average Bonchev–Trinajstić information content (AvgIpc) is 3.26. The number of hydrogen-bond donors (Lipinski definition) is 0. The summed E-state index contributed by atoms with van der Waals surface area (Å²) in [6.45, 7) is 0. The zero-order valence-corrected chi connectivity index (χ0v) is 14.5. The molecule has 4 aromatic rings. The van der Waals surface area contributed by atoms with Crippen molar-refractivity contribution in [1.82, 2.24) is 19.3 Å². The third kappa shape index (κ3) is 3.08. The molecule has 6 heteroatoms. The van der Waals surface area contributed by atoms with Crippen molar-refractivity contribution in [2.75, 3.05) is 5.75 Å². The normalized spacial score (nSPS) is 11.1. The van der Waals surface area contributed by atoms with Gasteiger partial charge in [0.1, 0.15) is 6.33 Å². The molecular weight excluding hydrogens is 332 g/mol. The van der Waals surface area contributed by atoms with Crippen LogP contribution in [0.2, 0.25) is 0 Å². The van der Waals surface area contributed by atoms with Crippen LogP contribution in [0.15, 0.2) is 72.3 Å². The summed E-state index contributed by atoms with van der Waals surface area (Å²) in [6, 6.07) is 17.7. The summed E-state index contributed by atoms with van der Waals surface area (Å²) in [6.07, 6.45) is 3.56. The van der Waals surface area contributed by atoms with Crippen molar-refractivity contribution in [3.05, 3.63) is 72.7 Å². The van der Waals surface area contributed by atoms with Crippen molar-refractivity contribution in [3.63, 3.8) is 0 Å². The molecule has 2 heterocycles. The van der Waals surface area contributed by atoms with Crippen molar-refractivity contribution in [1.29, 1.82) is 0 Å². The van der Waals surface area contributed by atoms with Crippen LogP contribution in [0, 0.1) is 0 Å². The van der Waals surface area contributed by atoms with E-state index in [1.165, 1.54) is 11.8 Å². The summed E-state index contributed by atoms with van der Waals surface area (Å²) in [4.78, 5) is 16.9. The van der Waals surface area contributed by atoms with Gasteiger partial charge in [-0.05, 0) is 18.2 Å². The van der Waals surface area contributed by atoms with Crippen LogP contribution < -0.4 is 0 Å². The van der Waals surface area contributed by atoms with Gasteiger partial charge in [-0.25, -0.2) is 9.67 Å². The van der Waals surface area contributed by atoms with E-state index in [1.807, 2.05) is 72.4 Å². The summed E-state index contributed by atoms with van der Waals surface area (Å²) in [7, 11) is 1.95. The molecule has 0 fully saturated rings. The summed E-state index contributed by atoms with van der Waals surface area (Å²) in [5.41, 5.74) is 2.75. The first kappa shape index (κ1) is 15.7. The van der Waals surface area contributed by atoms with Crippen LogP contribution in [0.1, 0.15) is 10.4 Å². The maximum Gasteiger partial charge on any atom is 0.209 e. The second-order valence-corrected chi connectivity index (χ2v) is 6.63. The number of aromatic nitrogens is 4. The van der Waals surface area contributed by atoms with Crippen molar-refractivity contribution in [3.8, 4) is 5.69 Å². The molecule has 2 aromatic heterocycles. The lowest BCUT2D eigenvalue weighted by atomic mass is 10.1. The third-order valence-electron chi connectivity index (χ3n) is 4.02. The van der Waals surface area contributed by atoms with Gasteiger partial charge in [0.25, 0.3) is 0 Å². The highest BCUT2D eigenvalue weighted by molar-refractivity contribution is 7.99. The minimum Gasteiger partial charge on any atom is -0.350 e. The highest BCUT2D eigenvalue weighted by Crippen LogP contribution is 2.23. The van der Waals surface area contributed by atoms with Crippen molar-refractivity contribution in [2.24, 2.45) is 7.05 Å². The molecule has 124 valence electrons. The predicted octanol–water partition coefficient (Wildman–Crippen LogP) is 3.73. The van der Waals surface area contributed by atoms with Gasteiger partial charge in [0.15, 0.2) is 5.78 Å². The molecule has 4 rings (SSSR count). The van der Waals surface area contributed by atoms with Crippen molar-refractivity contribution in [2.45, 2.75) is 5.16 Å². The van der Waals surface area contributed by atoms with Crippen LogP contribution in [-0.4, -0.2) is 30.9 Å². The summed E-state index contributed by atoms with van der Waals surface area (Å²) in [5, 5.41) is 6.00. The lowest BCUT2D eigenvalue weighted by Crippen LogP contribution is -2.02. The monoisotopic (exact) mass is 348 g/mol. The summed E-state index contributed by atoms with van der Waals surface area (Å²) >= 11 is 1.35. The Balaban J connectivity index is 1.50. The standard InChI is InChI=1S/C19H16N4OS/c1-22-11-16(15-9-5-6-10-17(15)22)18(24)12-25-19-20-13-23(21-19)14-7-3-2-4-8-14/h2-11,13H,12H2,1H3. The number of nitrogens with zero attached hydrogens (tertiary/aromatic N) is 4. The van der Waals surface area contributed by atoms with Crippen LogP contribution in [0.4, 0.5) is 0 Å². The Kier molecular flexibility index (Phi) is 4.11. The van der Waals surface area contributed by atoms with E-state index in [4.69, 9.17) is 0 Å². The molecule has 2 aromatic carbocycles. The SMILES string of the molecule is Cn1cc(C(=O)CSc2ncn(-c3ccccc3)n2)c2ccccc21. The molecular formula is C19H16N4OS. The largest absolute Gasteiger partial charge is 0.350 e. The molecule has 0 radical (unpaired) electrons. The van der Waals surface area contributed by atoms with Gasteiger partial charge in [0, 0.05) is 29.7 Å². The molecule has 0 saturated heterocycles. The number of benzene rings is 2. The topological polar surface area (TPSA) is 52.7 Å². The van der Waals surface area contributed by atoms with Gasteiger partial charge in [-0.15, -0.1) is 5.10 Å². The second-order valence-electron chi connectivity index (χ2n) is 5.69. The zero-order chi connectivity index (χ0) is 17.2. The number of rotatable bonds is 5. The molecule has 0 aliphatic rings. The number of aryl methyl sites for hydroxylation is 1. The van der Waals surface area contributed by atoms with E-state index >= 15 is 0 Å². The van der Waals surface area contributed by atoms with Gasteiger partial charge >= 0.3 is 0 Å². The Morgan fingerprint density at radius 2 is 1.84 bits per heavy atom. The molecule has 0 amide bonds. The van der Waals surface area contributed by atoms with E-state index < -0.39 is 0 Å². The second kappa shape index (κ2) is 6.57. The number of carbonyl (C=O) groups is 1. The average molecular weight is 348 g/mol. The first-order valence-electron chi connectivity index (χ1n) is 7.89. The number of thioether (sulfide) groups is 1. The molecule has 0 aliphatic heterocycles. The highest BCUT2D eigenvalue weighted by Gasteiger charge is 2.15. The van der Waals surface area contributed by atoms with Crippen molar-refractivity contribution < 1.29 is 4.79 Å². The smallest absolute Gasteiger partial charge is 0.209 e. The maximum absolute atomic E-state index is 12.6. The van der Waals surface area contributed by atoms with Gasteiger partial charge in [0.2, 0.25) is 5.16 Å². The van der Waals surface area contributed by atoms with Crippen molar-refractivity contribution >= 4 is 28.4 Å². The number of ketones is 1. The molecule has 0 saturated carbocycles. The van der Waals surface area contributed by atoms with Gasteiger partial charge in [-0.3, -0.25) is 4.79 Å². The first-order chi connectivity index (χ1) is 12.2. The quantitative estimate of drug-likeness (QED) is 0.407.